The molecule has 2 aromatic rings. The van der Waals surface area contributed by atoms with E-state index in [0.717, 1.165) is 24.2 Å². The van der Waals surface area contributed by atoms with Gasteiger partial charge in [-0.2, -0.15) is 13.2 Å². The first kappa shape index (κ1) is 17.5. The molecule has 0 amide bonds. The topological polar surface area (TPSA) is 3.24 Å². The Bertz CT molecular complexity index is 776. The highest BCUT2D eigenvalue weighted by Gasteiger charge is 2.31. The molecular weight excluding hydrogens is 410 g/mol. The maximum Gasteiger partial charge on any atom is 0.416 e. The van der Waals surface area contributed by atoms with Gasteiger partial charge in [0.15, 0.2) is 0 Å². The molecule has 0 unspecified atom stereocenters. The number of anilines is 1. The van der Waals surface area contributed by atoms with Crippen LogP contribution in [0.5, 0.6) is 0 Å². The maximum absolute atomic E-state index is 14.2. The van der Waals surface area contributed by atoms with E-state index in [-0.39, 0.29) is 10.8 Å². The SMILES string of the molecule is Fc1c(Br)ccc2c1CCCN2Cc1ccc(C(F)(F)F)cc1Cl. The van der Waals surface area contributed by atoms with Gasteiger partial charge >= 0.3 is 6.18 Å². The first-order chi connectivity index (χ1) is 11.3. The van der Waals surface area contributed by atoms with Crippen LogP contribution in [0.3, 0.4) is 0 Å². The largest absolute Gasteiger partial charge is 0.416 e. The van der Waals surface area contributed by atoms with E-state index in [9.17, 15) is 17.6 Å². The van der Waals surface area contributed by atoms with Crippen LogP contribution in [-0.2, 0) is 19.1 Å². The number of nitrogens with zero attached hydrogens (tertiary/aromatic N) is 1. The number of hydrogen-bond acceptors (Lipinski definition) is 1. The van der Waals surface area contributed by atoms with Gasteiger partial charge in [-0.25, -0.2) is 4.39 Å². The molecule has 0 fully saturated rings. The zero-order valence-electron chi connectivity index (χ0n) is 12.4. The molecule has 0 atom stereocenters. The Morgan fingerprint density at radius 2 is 1.92 bits per heavy atom. The van der Waals surface area contributed by atoms with Crippen LogP contribution in [0.1, 0.15) is 23.1 Å². The average molecular weight is 423 g/mol. The van der Waals surface area contributed by atoms with Crippen molar-refractivity contribution in [2.75, 3.05) is 11.4 Å². The average Bonchev–Trinajstić information content (AvgIpc) is 2.52. The lowest BCUT2D eigenvalue weighted by Gasteiger charge is -2.32. The number of benzene rings is 2. The van der Waals surface area contributed by atoms with Crippen LogP contribution in [0.2, 0.25) is 5.02 Å². The number of halogens is 6. The molecule has 0 N–H and O–H groups in total. The number of rotatable bonds is 2. The fourth-order valence-corrected chi connectivity index (χ4v) is 3.52. The molecule has 1 nitrogen and oxygen atoms in total. The third-order valence-electron chi connectivity index (χ3n) is 4.11. The summed E-state index contributed by atoms with van der Waals surface area (Å²) in [6.45, 7) is 1.04. The van der Waals surface area contributed by atoms with Crippen molar-refractivity contribution in [3.63, 3.8) is 0 Å². The van der Waals surface area contributed by atoms with Gasteiger partial charge in [0, 0.05) is 29.4 Å². The molecule has 0 aliphatic carbocycles. The summed E-state index contributed by atoms with van der Waals surface area (Å²) >= 11 is 9.21. The van der Waals surface area contributed by atoms with Gasteiger partial charge in [-0.15, -0.1) is 0 Å². The lowest BCUT2D eigenvalue weighted by Crippen LogP contribution is -2.29. The van der Waals surface area contributed by atoms with Gasteiger partial charge in [0.2, 0.25) is 0 Å². The fourth-order valence-electron chi connectivity index (χ4n) is 2.91. The van der Waals surface area contributed by atoms with Gasteiger partial charge in [-0.05, 0) is 58.6 Å². The number of alkyl halides is 3. The van der Waals surface area contributed by atoms with Crippen LogP contribution < -0.4 is 4.90 Å². The van der Waals surface area contributed by atoms with Crippen LogP contribution in [-0.4, -0.2) is 6.54 Å². The Hall–Kier alpha value is -1.27. The molecule has 0 radical (unpaired) electrons. The summed E-state index contributed by atoms with van der Waals surface area (Å²) in [4.78, 5) is 1.95. The summed E-state index contributed by atoms with van der Waals surface area (Å²) in [6.07, 6.45) is -3.01. The summed E-state index contributed by atoms with van der Waals surface area (Å²) in [5.74, 6) is -0.282. The van der Waals surface area contributed by atoms with Gasteiger partial charge in [0.1, 0.15) is 5.82 Å². The Morgan fingerprint density at radius 3 is 2.58 bits per heavy atom. The molecule has 3 rings (SSSR count). The van der Waals surface area contributed by atoms with E-state index in [1.807, 2.05) is 11.0 Å². The Balaban J connectivity index is 1.90. The zero-order chi connectivity index (χ0) is 17.5. The van der Waals surface area contributed by atoms with Gasteiger partial charge in [-0.3, -0.25) is 0 Å². The van der Waals surface area contributed by atoms with Gasteiger partial charge in [-0.1, -0.05) is 17.7 Å². The zero-order valence-corrected chi connectivity index (χ0v) is 14.8. The molecule has 1 aliphatic rings. The van der Waals surface area contributed by atoms with Crippen molar-refractivity contribution in [1.29, 1.82) is 0 Å². The smallest absolute Gasteiger partial charge is 0.367 e. The van der Waals surface area contributed by atoms with Crippen molar-refractivity contribution < 1.29 is 17.6 Å². The van der Waals surface area contributed by atoms with E-state index in [2.05, 4.69) is 15.9 Å². The van der Waals surface area contributed by atoms with E-state index < -0.39 is 11.7 Å². The molecule has 2 aromatic carbocycles. The standard InChI is InChI=1S/C17H13BrClF4N/c18-13-5-6-15-12(16(13)20)2-1-7-24(15)9-10-3-4-11(8-14(10)19)17(21,22)23/h3-6,8H,1-2,7,9H2. The molecule has 0 saturated heterocycles. The first-order valence-electron chi connectivity index (χ1n) is 7.35. The van der Waals surface area contributed by atoms with Gasteiger partial charge < -0.3 is 4.90 Å². The molecule has 24 heavy (non-hydrogen) atoms. The van der Waals surface area contributed by atoms with Crippen molar-refractivity contribution in [3.05, 3.63) is 62.3 Å². The molecule has 0 aromatic heterocycles. The van der Waals surface area contributed by atoms with Crippen molar-refractivity contribution in [3.8, 4) is 0 Å². The molecular formula is C17H13BrClF4N. The van der Waals surface area contributed by atoms with E-state index in [4.69, 9.17) is 11.6 Å². The van der Waals surface area contributed by atoms with Gasteiger partial charge in [0.05, 0.1) is 10.0 Å². The van der Waals surface area contributed by atoms with E-state index in [1.165, 1.54) is 6.07 Å². The highest BCUT2D eigenvalue weighted by atomic mass is 79.9. The summed E-state index contributed by atoms with van der Waals surface area (Å²) in [6, 6.07) is 6.80. The number of fused-ring (bicyclic) bond motifs is 1. The van der Waals surface area contributed by atoms with Crippen molar-refractivity contribution >= 4 is 33.2 Å². The molecule has 7 heteroatoms. The summed E-state index contributed by atoms with van der Waals surface area (Å²) in [5.41, 5.74) is 1.20. The maximum atomic E-state index is 14.2. The molecule has 1 aliphatic heterocycles. The van der Waals surface area contributed by atoms with E-state index >= 15 is 0 Å². The van der Waals surface area contributed by atoms with Crippen LogP contribution in [0.4, 0.5) is 23.2 Å². The van der Waals surface area contributed by atoms with E-state index in [1.54, 1.807) is 6.07 Å². The number of hydrogen-bond donors (Lipinski definition) is 0. The summed E-state index contributed by atoms with van der Waals surface area (Å²) in [5, 5.41) is 0.0644. The van der Waals surface area contributed by atoms with Crippen molar-refractivity contribution in [1.82, 2.24) is 0 Å². The third kappa shape index (κ3) is 3.40. The van der Waals surface area contributed by atoms with Crippen molar-refractivity contribution in [2.45, 2.75) is 25.6 Å². The fraction of sp³-hybridized carbons (Fsp3) is 0.294. The van der Waals surface area contributed by atoms with Crippen molar-refractivity contribution in [2.24, 2.45) is 0 Å². The minimum absolute atomic E-state index is 0.0644. The first-order valence-corrected chi connectivity index (χ1v) is 8.52. The second kappa shape index (κ2) is 6.56. The van der Waals surface area contributed by atoms with E-state index in [0.29, 0.717) is 35.1 Å². The molecule has 0 bridgehead atoms. The Morgan fingerprint density at radius 1 is 1.17 bits per heavy atom. The van der Waals surface area contributed by atoms with Crippen LogP contribution >= 0.6 is 27.5 Å². The predicted molar refractivity (Wildman–Crippen MR) is 89.9 cm³/mol. The quantitative estimate of drug-likeness (QED) is 0.520. The molecule has 0 saturated carbocycles. The lowest BCUT2D eigenvalue weighted by atomic mass is 10.00. The normalized spacial score (nSPS) is 14.7. The second-order valence-corrected chi connectivity index (χ2v) is 6.95. The Kier molecular flexibility index (Phi) is 4.80. The minimum Gasteiger partial charge on any atom is -0.367 e. The highest BCUT2D eigenvalue weighted by molar-refractivity contribution is 9.10. The van der Waals surface area contributed by atoms with Crippen LogP contribution in [0.25, 0.3) is 0 Å². The van der Waals surface area contributed by atoms with Crippen LogP contribution in [0.15, 0.2) is 34.8 Å². The third-order valence-corrected chi connectivity index (χ3v) is 5.07. The monoisotopic (exact) mass is 421 g/mol. The molecule has 1 heterocycles. The molecule has 0 spiro atoms. The molecule has 128 valence electrons. The Labute approximate surface area is 150 Å². The second-order valence-electron chi connectivity index (χ2n) is 5.69. The minimum atomic E-state index is -4.42. The van der Waals surface area contributed by atoms with Crippen LogP contribution in [0, 0.1) is 5.82 Å². The highest BCUT2D eigenvalue weighted by Crippen LogP contribution is 2.36. The lowest BCUT2D eigenvalue weighted by molar-refractivity contribution is -0.137. The van der Waals surface area contributed by atoms with Gasteiger partial charge in [0.25, 0.3) is 0 Å². The summed E-state index contributed by atoms with van der Waals surface area (Å²) in [7, 11) is 0. The summed E-state index contributed by atoms with van der Waals surface area (Å²) < 4.78 is 52.8. The predicted octanol–water partition coefficient (Wildman–Crippen LogP) is 6.21.